The number of aliphatic hydroxyl groups excluding tert-OH is 1. The summed E-state index contributed by atoms with van der Waals surface area (Å²) in [5.74, 6) is 0.793. The van der Waals surface area contributed by atoms with Gasteiger partial charge in [-0.2, -0.15) is 0 Å². The molecule has 0 aromatic rings. The van der Waals surface area contributed by atoms with Gasteiger partial charge in [0.1, 0.15) is 0 Å². The monoisotopic (exact) mass is 243 g/mol. The molecular formula is C14H29NO2. The van der Waals surface area contributed by atoms with E-state index in [9.17, 15) is 5.11 Å². The topological polar surface area (TPSA) is 41.5 Å². The fourth-order valence-electron chi connectivity index (χ4n) is 2.49. The number of hydrogen-bond donors (Lipinski definition) is 2. The van der Waals surface area contributed by atoms with Crippen molar-refractivity contribution >= 4 is 0 Å². The minimum atomic E-state index is -0.386. The Balaban J connectivity index is 2.11. The van der Waals surface area contributed by atoms with Crippen LogP contribution in [0.3, 0.4) is 0 Å². The van der Waals surface area contributed by atoms with E-state index in [-0.39, 0.29) is 12.2 Å². The summed E-state index contributed by atoms with van der Waals surface area (Å²) < 4.78 is 5.39. The van der Waals surface area contributed by atoms with Gasteiger partial charge >= 0.3 is 0 Å². The molecule has 1 aliphatic rings. The standard InChI is InChI=1S/C14H29NO2/c1-11(2)17-10-14(16)9-15-12(3)13-7-5-4-6-8-13/h11-16H,4-10H2,1-3H3/t12-,14?/m1/s1. The first-order valence-electron chi connectivity index (χ1n) is 7.12. The molecule has 2 atom stereocenters. The van der Waals surface area contributed by atoms with Crippen LogP contribution in [0.1, 0.15) is 52.9 Å². The lowest BCUT2D eigenvalue weighted by Crippen LogP contribution is -2.40. The lowest BCUT2D eigenvalue weighted by Gasteiger charge is -2.29. The Labute approximate surface area is 106 Å². The van der Waals surface area contributed by atoms with Crippen LogP contribution in [0, 0.1) is 5.92 Å². The van der Waals surface area contributed by atoms with Crippen LogP contribution in [-0.2, 0) is 4.74 Å². The summed E-state index contributed by atoms with van der Waals surface area (Å²) in [6, 6.07) is 0.518. The van der Waals surface area contributed by atoms with Crippen molar-refractivity contribution < 1.29 is 9.84 Å². The third-order valence-electron chi connectivity index (χ3n) is 3.65. The molecule has 0 aliphatic heterocycles. The number of hydrogen-bond acceptors (Lipinski definition) is 3. The molecule has 0 aromatic carbocycles. The molecule has 0 radical (unpaired) electrons. The molecular weight excluding hydrogens is 214 g/mol. The average Bonchev–Trinajstić information content (AvgIpc) is 2.34. The van der Waals surface area contributed by atoms with Gasteiger partial charge < -0.3 is 15.2 Å². The largest absolute Gasteiger partial charge is 0.389 e. The summed E-state index contributed by atoms with van der Waals surface area (Å²) in [7, 11) is 0. The van der Waals surface area contributed by atoms with Crippen molar-refractivity contribution in [3.05, 3.63) is 0 Å². The third kappa shape index (κ3) is 6.39. The van der Waals surface area contributed by atoms with Crippen molar-refractivity contribution in [2.45, 2.75) is 71.1 Å². The predicted molar refractivity (Wildman–Crippen MR) is 71.1 cm³/mol. The highest BCUT2D eigenvalue weighted by Gasteiger charge is 2.20. The summed E-state index contributed by atoms with van der Waals surface area (Å²) in [4.78, 5) is 0. The lowest BCUT2D eigenvalue weighted by molar-refractivity contribution is 0.00474. The van der Waals surface area contributed by atoms with Crippen molar-refractivity contribution in [2.24, 2.45) is 5.92 Å². The van der Waals surface area contributed by atoms with Gasteiger partial charge in [-0.3, -0.25) is 0 Å². The first-order valence-corrected chi connectivity index (χ1v) is 7.12. The third-order valence-corrected chi connectivity index (χ3v) is 3.65. The molecule has 0 heterocycles. The summed E-state index contributed by atoms with van der Waals surface area (Å²) in [5, 5.41) is 13.2. The average molecular weight is 243 g/mol. The van der Waals surface area contributed by atoms with E-state index >= 15 is 0 Å². The van der Waals surface area contributed by atoms with Crippen molar-refractivity contribution in [3.8, 4) is 0 Å². The van der Waals surface area contributed by atoms with Gasteiger partial charge in [-0.15, -0.1) is 0 Å². The highest BCUT2D eigenvalue weighted by Crippen LogP contribution is 2.26. The molecule has 3 heteroatoms. The smallest absolute Gasteiger partial charge is 0.0897 e. The normalized spacial score (nSPS) is 21.7. The zero-order valence-corrected chi connectivity index (χ0v) is 11.6. The molecule has 1 unspecified atom stereocenters. The zero-order chi connectivity index (χ0) is 12.7. The van der Waals surface area contributed by atoms with Crippen molar-refractivity contribution in [1.82, 2.24) is 5.32 Å². The number of nitrogens with one attached hydrogen (secondary N) is 1. The second kappa shape index (κ2) is 8.06. The van der Waals surface area contributed by atoms with Crippen molar-refractivity contribution in [3.63, 3.8) is 0 Å². The van der Waals surface area contributed by atoms with Crippen LogP contribution < -0.4 is 5.32 Å². The molecule has 0 amide bonds. The first kappa shape index (κ1) is 14.9. The van der Waals surface area contributed by atoms with E-state index in [0.717, 1.165) is 5.92 Å². The second-order valence-corrected chi connectivity index (χ2v) is 5.63. The predicted octanol–water partition coefficient (Wildman–Crippen LogP) is 2.33. The summed E-state index contributed by atoms with van der Waals surface area (Å²) >= 11 is 0. The van der Waals surface area contributed by atoms with Crippen molar-refractivity contribution in [1.29, 1.82) is 0 Å². The van der Waals surface area contributed by atoms with Gasteiger partial charge in [-0.05, 0) is 39.5 Å². The van der Waals surface area contributed by atoms with E-state index in [2.05, 4.69) is 12.2 Å². The molecule has 17 heavy (non-hydrogen) atoms. The van der Waals surface area contributed by atoms with E-state index in [1.54, 1.807) is 0 Å². The maximum Gasteiger partial charge on any atom is 0.0897 e. The molecule has 1 rings (SSSR count). The van der Waals surface area contributed by atoms with Crippen LogP contribution in [0.15, 0.2) is 0 Å². The minimum Gasteiger partial charge on any atom is -0.389 e. The van der Waals surface area contributed by atoms with E-state index in [1.807, 2.05) is 13.8 Å². The van der Waals surface area contributed by atoms with Gasteiger partial charge in [0, 0.05) is 12.6 Å². The Morgan fingerprint density at radius 3 is 2.41 bits per heavy atom. The zero-order valence-electron chi connectivity index (χ0n) is 11.6. The van der Waals surface area contributed by atoms with Gasteiger partial charge in [0.25, 0.3) is 0 Å². The molecule has 1 saturated carbocycles. The van der Waals surface area contributed by atoms with Crippen LogP contribution in [-0.4, -0.2) is 36.5 Å². The maximum atomic E-state index is 9.76. The van der Waals surface area contributed by atoms with Gasteiger partial charge in [0.2, 0.25) is 0 Å². The quantitative estimate of drug-likeness (QED) is 0.721. The van der Waals surface area contributed by atoms with E-state index in [4.69, 9.17) is 4.74 Å². The number of aliphatic hydroxyl groups is 1. The molecule has 0 spiro atoms. The molecule has 102 valence electrons. The first-order chi connectivity index (χ1) is 8.09. The highest BCUT2D eigenvalue weighted by atomic mass is 16.5. The summed E-state index contributed by atoms with van der Waals surface area (Å²) in [6.07, 6.45) is 6.63. The van der Waals surface area contributed by atoms with Gasteiger partial charge in [0.05, 0.1) is 18.8 Å². The van der Waals surface area contributed by atoms with Crippen LogP contribution in [0.25, 0.3) is 0 Å². The van der Waals surface area contributed by atoms with Crippen molar-refractivity contribution in [2.75, 3.05) is 13.2 Å². The Bertz CT molecular complexity index is 191. The fourth-order valence-corrected chi connectivity index (χ4v) is 2.49. The van der Waals surface area contributed by atoms with E-state index in [0.29, 0.717) is 19.2 Å². The van der Waals surface area contributed by atoms with Crippen LogP contribution in [0.4, 0.5) is 0 Å². The fraction of sp³-hybridized carbons (Fsp3) is 1.00. The summed E-state index contributed by atoms with van der Waals surface area (Å²) in [5.41, 5.74) is 0. The molecule has 3 nitrogen and oxygen atoms in total. The molecule has 1 fully saturated rings. The molecule has 0 aromatic heterocycles. The van der Waals surface area contributed by atoms with E-state index < -0.39 is 0 Å². The molecule has 1 aliphatic carbocycles. The Morgan fingerprint density at radius 2 is 1.82 bits per heavy atom. The minimum absolute atomic E-state index is 0.195. The maximum absolute atomic E-state index is 9.76. The van der Waals surface area contributed by atoms with Crippen LogP contribution in [0.5, 0.6) is 0 Å². The summed E-state index contributed by atoms with van der Waals surface area (Å²) in [6.45, 7) is 7.30. The van der Waals surface area contributed by atoms with E-state index in [1.165, 1.54) is 32.1 Å². The Morgan fingerprint density at radius 1 is 1.18 bits per heavy atom. The SMILES string of the molecule is CC(C)OCC(O)CN[C@H](C)C1CCCCC1. The highest BCUT2D eigenvalue weighted by molar-refractivity contribution is 4.76. The van der Waals surface area contributed by atoms with Gasteiger partial charge in [-0.1, -0.05) is 19.3 Å². The molecule has 0 saturated heterocycles. The lowest BCUT2D eigenvalue weighted by atomic mass is 9.84. The van der Waals surface area contributed by atoms with Crippen LogP contribution in [0.2, 0.25) is 0 Å². The Hall–Kier alpha value is -0.120. The van der Waals surface area contributed by atoms with Gasteiger partial charge in [0.15, 0.2) is 0 Å². The number of ether oxygens (including phenoxy) is 1. The van der Waals surface area contributed by atoms with Crippen LogP contribution >= 0.6 is 0 Å². The number of rotatable bonds is 7. The molecule has 0 bridgehead atoms. The Kier molecular flexibility index (Phi) is 7.09. The van der Waals surface area contributed by atoms with Gasteiger partial charge in [-0.25, -0.2) is 0 Å². The molecule has 2 N–H and O–H groups in total. The second-order valence-electron chi connectivity index (χ2n) is 5.63.